The van der Waals surface area contributed by atoms with Gasteiger partial charge in [-0.05, 0) is 24.4 Å². The molecule has 1 aromatic rings. The van der Waals surface area contributed by atoms with Crippen LogP contribution in [0.1, 0.15) is 61.8 Å². The highest BCUT2D eigenvalue weighted by Crippen LogP contribution is 2.30. The molecule has 0 saturated heterocycles. The average molecular weight is 292 g/mol. The number of carbonyl (C=O) groups is 1. The largest absolute Gasteiger partial charge is 0.322 e. The predicted molar refractivity (Wildman–Crippen MR) is 77.5 cm³/mol. The first-order chi connectivity index (χ1) is 9.45. The summed E-state index contributed by atoms with van der Waals surface area (Å²) in [6.45, 7) is 6.20. The molecule has 5 nitrogen and oxygen atoms in total. The summed E-state index contributed by atoms with van der Waals surface area (Å²) in [6, 6.07) is 2.31. The number of rotatable bonds is 3. The molecular formula is C14H20N4OS. The van der Waals surface area contributed by atoms with Crippen LogP contribution in [0.2, 0.25) is 0 Å². The third kappa shape index (κ3) is 2.98. The van der Waals surface area contributed by atoms with Crippen molar-refractivity contribution < 1.29 is 4.79 Å². The van der Waals surface area contributed by atoms with Crippen LogP contribution in [-0.4, -0.2) is 33.0 Å². The van der Waals surface area contributed by atoms with Crippen LogP contribution in [0.15, 0.2) is 0 Å². The van der Waals surface area contributed by atoms with Crippen molar-refractivity contribution in [3.63, 3.8) is 0 Å². The first-order valence-corrected chi connectivity index (χ1v) is 7.73. The van der Waals surface area contributed by atoms with E-state index in [0.29, 0.717) is 4.88 Å². The van der Waals surface area contributed by atoms with Gasteiger partial charge in [-0.3, -0.25) is 4.79 Å². The number of aromatic nitrogens is 2. The topological polar surface area (TPSA) is 69.9 Å². The van der Waals surface area contributed by atoms with Crippen molar-refractivity contribution in [2.45, 2.75) is 57.9 Å². The Morgan fingerprint density at radius 3 is 2.65 bits per heavy atom. The van der Waals surface area contributed by atoms with E-state index < -0.39 is 0 Å². The van der Waals surface area contributed by atoms with Crippen molar-refractivity contribution in [3.05, 3.63) is 10.6 Å². The second-order valence-electron chi connectivity index (χ2n) is 6.23. The fraction of sp³-hybridized carbons (Fsp3) is 0.714. The third-order valence-corrected chi connectivity index (χ3v) is 4.37. The van der Waals surface area contributed by atoms with Gasteiger partial charge in [0, 0.05) is 11.5 Å². The molecule has 0 aliphatic heterocycles. The average Bonchev–Trinajstić information content (AvgIpc) is 3.04. The Hall–Kier alpha value is -1.48. The van der Waals surface area contributed by atoms with Crippen LogP contribution in [-0.2, 0) is 5.41 Å². The summed E-state index contributed by atoms with van der Waals surface area (Å²) in [7, 11) is 0. The molecule has 1 aliphatic carbocycles. The lowest BCUT2D eigenvalue weighted by atomic mass is 9.91. The molecule has 0 bridgehead atoms. The molecule has 1 heterocycles. The lowest BCUT2D eigenvalue weighted by molar-refractivity contribution is 0.0711. The Morgan fingerprint density at radius 1 is 1.45 bits per heavy atom. The van der Waals surface area contributed by atoms with Gasteiger partial charge in [0.25, 0.3) is 5.91 Å². The minimum absolute atomic E-state index is 0.0848. The van der Waals surface area contributed by atoms with Gasteiger partial charge < -0.3 is 4.90 Å². The molecule has 0 spiro atoms. The van der Waals surface area contributed by atoms with Crippen molar-refractivity contribution >= 4 is 17.4 Å². The van der Waals surface area contributed by atoms with Gasteiger partial charge in [-0.2, -0.15) is 5.26 Å². The molecule has 0 atom stereocenters. The van der Waals surface area contributed by atoms with Crippen LogP contribution in [0.3, 0.4) is 0 Å². The summed E-state index contributed by atoms with van der Waals surface area (Å²) in [6.07, 6.45) is 4.24. The van der Waals surface area contributed by atoms with Gasteiger partial charge in [-0.25, -0.2) is 0 Å². The quantitative estimate of drug-likeness (QED) is 0.803. The SMILES string of the molecule is CC(C)(C)c1nnsc1C(=O)N(CC#N)C1CCCC1. The standard InChI is InChI=1S/C14H20N4OS/c1-14(2,3)12-11(20-17-16-12)13(19)18(9-8-15)10-6-4-5-7-10/h10H,4-7,9H2,1-3H3. The van der Waals surface area contributed by atoms with E-state index in [9.17, 15) is 4.79 Å². The number of nitriles is 1. The molecule has 2 rings (SSSR count). The number of hydrogen-bond acceptors (Lipinski definition) is 5. The van der Waals surface area contributed by atoms with E-state index in [4.69, 9.17) is 5.26 Å². The summed E-state index contributed by atoms with van der Waals surface area (Å²) in [5.74, 6) is -0.0848. The minimum Gasteiger partial charge on any atom is -0.322 e. The zero-order chi connectivity index (χ0) is 14.8. The molecule has 1 aromatic heterocycles. The lowest BCUT2D eigenvalue weighted by Crippen LogP contribution is -2.39. The summed E-state index contributed by atoms with van der Waals surface area (Å²) < 4.78 is 3.94. The molecule has 1 amide bonds. The first kappa shape index (κ1) is 14.9. The molecule has 1 fully saturated rings. The van der Waals surface area contributed by atoms with Crippen LogP contribution in [0.4, 0.5) is 0 Å². The van der Waals surface area contributed by atoms with Crippen molar-refractivity contribution in [2.75, 3.05) is 6.54 Å². The van der Waals surface area contributed by atoms with Gasteiger partial charge in [0.1, 0.15) is 11.4 Å². The highest BCUT2D eigenvalue weighted by molar-refractivity contribution is 7.08. The second kappa shape index (κ2) is 5.88. The minimum atomic E-state index is -0.216. The maximum atomic E-state index is 12.8. The molecular weight excluding hydrogens is 272 g/mol. The Kier molecular flexibility index (Phi) is 4.39. The normalized spacial score (nSPS) is 16.1. The number of hydrogen-bond donors (Lipinski definition) is 0. The van der Waals surface area contributed by atoms with Crippen LogP contribution in [0.5, 0.6) is 0 Å². The Morgan fingerprint density at radius 2 is 2.10 bits per heavy atom. The third-order valence-electron chi connectivity index (χ3n) is 3.66. The molecule has 0 radical (unpaired) electrons. The zero-order valence-corrected chi connectivity index (χ0v) is 13.0. The molecule has 1 aliphatic rings. The van der Waals surface area contributed by atoms with Gasteiger partial charge >= 0.3 is 0 Å². The first-order valence-electron chi connectivity index (χ1n) is 6.96. The summed E-state index contributed by atoms with van der Waals surface area (Å²) in [4.78, 5) is 15.0. The molecule has 0 aromatic carbocycles. The van der Waals surface area contributed by atoms with E-state index in [1.165, 1.54) is 0 Å². The molecule has 1 saturated carbocycles. The van der Waals surface area contributed by atoms with E-state index in [-0.39, 0.29) is 23.9 Å². The van der Waals surface area contributed by atoms with Gasteiger partial charge in [-0.15, -0.1) is 5.10 Å². The van der Waals surface area contributed by atoms with Crippen LogP contribution >= 0.6 is 11.5 Å². The van der Waals surface area contributed by atoms with Crippen LogP contribution in [0, 0.1) is 11.3 Å². The van der Waals surface area contributed by atoms with Gasteiger partial charge in [0.15, 0.2) is 0 Å². The number of carbonyl (C=O) groups excluding carboxylic acids is 1. The highest BCUT2D eigenvalue weighted by Gasteiger charge is 2.33. The molecule has 6 heteroatoms. The van der Waals surface area contributed by atoms with Crippen molar-refractivity contribution in [1.29, 1.82) is 5.26 Å². The second-order valence-corrected chi connectivity index (χ2v) is 6.98. The highest BCUT2D eigenvalue weighted by atomic mass is 32.1. The molecule has 0 unspecified atom stereocenters. The monoisotopic (exact) mass is 292 g/mol. The Labute approximate surface area is 123 Å². The van der Waals surface area contributed by atoms with E-state index >= 15 is 0 Å². The van der Waals surface area contributed by atoms with Crippen molar-refractivity contribution in [2.24, 2.45) is 0 Å². The van der Waals surface area contributed by atoms with Crippen molar-refractivity contribution in [1.82, 2.24) is 14.5 Å². The summed E-state index contributed by atoms with van der Waals surface area (Å²) in [5, 5.41) is 13.1. The van der Waals surface area contributed by atoms with E-state index in [2.05, 4.69) is 15.7 Å². The van der Waals surface area contributed by atoms with Gasteiger partial charge in [0.2, 0.25) is 0 Å². The Balaban J connectivity index is 2.28. The number of amides is 1. The van der Waals surface area contributed by atoms with Gasteiger partial charge in [0.05, 0.1) is 11.8 Å². The summed E-state index contributed by atoms with van der Waals surface area (Å²) >= 11 is 1.14. The predicted octanol–water partition coefficient (Wildman–Crippen LogP) is 2.74. The fourth-order valence-electron chi connectivity index (χ4n) is 2.61. The lowest BCUT2D eigenvalue weighted by Gasteiger charge is -2.27. The summed E-state index contributed by atoms with van der Waals surface area (Å²) in [5.41, 5.74) is 0.514. The van der Waals surface area contributed by atoms with E-state index in [0.717, 1.165) is 42.9 Å². The fourth-order valence-corrected chi connectivity index (χ4v) is 3.44. The smallest absolute Gasteiger partial charge is 0.268 e. The number of nitrogens with zero attached hydrogens (tertiary/aromatic N) is 4. The maximum Gasteiger partial charge on any atom is 0.268 e. The molecule has 108 valence electrons. The van der Waals surface area contributed by atoms with Crippen LogP contribution in [0.25, 0.3) is 0 Å². The van der Waals surface area contributed by atoms with Crippen molar-refractivity contribution in [3.8, 4) is 6.07 Å². The Bertz CT molecular complexity index is 520. The maximum absolute atomic E-state index is 12.8. The molecule has 20 heavy (non-hydrogen) atoms. The van der Waals surface area contributed by atoms with E-state index in [1.807, 2.05) is 20.8 Å². The zero-order valence-electron chi connectivity index (χ0n) is 12.2. The van der Waals surface area contributed by atoms with Crippen LogP contribution < -0.4 is 0 Å². The van der Waals surface area contributed by atoms with Gasteiger partial charge in [-0.1, -0.05) is 38.1 Å². The van der Waals surface area contributed by atoms with E-state index in [1.54, 1.807) is 4.90 Å². The molecule has 0 N–H and O–H groups in total.